The highest BCUT2D eigenvalue weighted by Gasteiger charge is 2.61. The third-order valence-electron chi connectivity index (χ3n) is 5.20. The van der Waals surface area contributed by atoms with Crippen LogP contribution >= 0.6 is 28.1 Å². The Labute approximate surface area is 149 Å². The summed E-state index contributed by atoms with van der Waals surface area (Å²) < 4.78 is 7.17. The van der Waals surface area contributed by atoms with E-state index in [1.165, 1.54) is 0 Å². The number of nitrogens with one attached hydrogen (secondary N) is 1. The first-order valence-electron chi connectivity index (χ1n) is 7.69. The van der Waals surface area contributed by atoms with Crippen molar-refractivity contribution in [1.82, 2.24) is 15.1 Å². The molecule has 3 aliphatic heterocycles. The molecule has 7 heteroatoms. The molecular weight excluding hydrogens is 378 g/mol. The maximum absolute atomic E-state index is 13.2. The number of nitrogens with zero attached hydrogens (tertiary/aromatic N) is 2. The molecule has 0 saturated carbocycles. The molecule has 0 radical (unpaired) electrons. The molecule has 3 atom stereocenters. The molecule has 3 heterocycles. The van der Waals surface area contributed by atoms with Gasteiger partial charge in [0.25, 0.3) is 5.91 Å². The first-order valence-corrected chi connectivity index (χ1v) is 8.89. The lowest BCUT2D eigenvalue weighted by molar-refractivity contribution is -0.137. The molecule has 4 rings (SSSR count). The summed E-state index contributed by atoms with van der Waals surface area (Å²) in [5.41, 5.74) is 0.0443. The van der Waals surface area contributed by atoms with Crippen molar-refractivity contribution in [1.29, 1.82) is 0 Å². The van der Waals surface area contributed by atoms with Crippen LogP contribution < -0.4 is 10.1 Å². The fourth-order valence-corrected chi connectivity index (χ4v) is 4.63. The lowest BCUT2D eigenvalue weighted by Crippen LogP contribution is -2.63. The molecule has 0 aliphatic carbocycles. The number of fused-ring (bicyclic) bond motifs is 4. The van der Waals surface area contributed by atoms with Gasteiger partial charge < -0.3 is 15.0 Å². The van der Waals surface area contributed by atoms with Crippen LogP contribution in [0.15, 0.2) is 22.7 Å². The number of amides is 1. The molecule has 122 valence electrons. The van der Waals surface area contributed by atoms with Crippen LogP contribution in [-0.4, -0.2) is 54.1 Å². The van der Waals surface area contributed by atoms with E-state index in [9.17, 15) is 4.79 Å². The smallest absolute Gasteiger partial charge is 0.259 e. The molecule has 1 aromatic carbocycles. The monoisotopic (exact) mass is 395 g/mol. The van der Waals surface area contributed by atoms with Gasteiger partial charge in [-0.3, -0.25) is 9.69 Å². The van der Waals surface area contributed by atoms with Crippen LogP contribution in [0.1, 0.15) is 12.0 Å². The summed E-state index contributed by atoms with van der Waals surface area (Å²) in [5.74, 6) is 0.812. The van der Waals surface area contributed by atoms with Crippen LogP contribution in [0.4, 0.5) is 0 Å². The Morgan fingerprint density at radius 2 is 2.22 bits per heavy atom. The predicted molar refractivity (Wildman–Crippen MR) is 94.3 cm³/mol. The molecule has 0 bridgehead atoms. The van der Waals surface area contributed by atoms with Crippen molar-refractivity contribution < 1.29 is 9.53 Å². The fraction of sp³-hybridized carbons (Fsp3) is 0.500. The Bertz CT molecular complexity index is 713. The van der Waals surface area contributed by atoms with Gasteiger partial charge in [-0.2, -0.15) is 0 Å². The molecule has 3 aliphatic rings. The van der Waals surface area contributed by atoms with Gasteiger partial charge in [-0.25, -0.2) is 0 Å². The summed E-state index contributed by atoms with van der Waals surface area (Å²) in [5, 5.41) is 3.83. The minimum atomic E-state index is -0.831. The zero-order chi connectivity index (χ0) is 16.4. The lowest BCUT2D eigenvalue weighted by Gasteiger charge is -2.49. The number of likely N-dealkylation sites (tertiary alicyclic amines) is 1. The molecule has 1 amide bonds. The van der Waals surface area contributed by atoms with E-state index in [2.05, 4.69) is 33.2 Å². The van der Waals surface area contributed by atoms with Gasteiger partial charge in [0, 0.05) is 36.1 Å². The molecule has 0 aromatic heterocycles. The Morgan fingerprint density at radius 1 is 1.43 bits per heavy atom. The highest BCUT2D eigenvalue weighted by atomic mass is 79.9. The fourth-order valence-electron chi connectivity index (χ4n) is 4.02. The van der Waals surface area contributed by atoms with Crippen molar-refractivity contribution in [3.63, 3.8) is 0 Å². The van der Waals surface area contributed by atoms with E-state index in [4.69, 9.17) is 17.0 Å². The number of thiocarbonyl (C=S) groups is 1. The van der Waals surface area contributed by atoms with E-state index in [0.29, 0.717) is 5.11 Å². The van der Waals surface area contributed by atoms with Crippen molar-refractivity contribution in [2.45, 2.75) is 18.1 Å². The second-order valence-corrected chi connectivity index (χ2v) is 7.86. The van der Waals surface area contributed by atoms with Gasteiger partial charge in [-0.05, 0) is 43.9 Å². The van der Waals surface area contributed by atoms with Gasteiger partial charge in [0.1, 0.15) is 11.9 Å². The van der Waals surface area contributed by atoms with E-state index in [1.807, 2.05) is 18.2 Å². The van der Waals surface area contributed by atoms with Crippen molar-refractivity contribution in [2.75, 3.05) is 27.2 Å². The normalized spacial score (nSPS) is 33.3. The van der Waals surface area contributed by atoms with Crippen LogP contribution in [-0.2, 0) is 10.3 Å². The summed E-state index contributed by atoms with van der Waals surface area (Å²) in [6, 6.07) is 5.86. The van der Waals surface area contributed by atoms with E-state index in [1.54, 1.807) is 11.9 Å². The third-order valence-corrected chi connectivity index (χ3v) is 6.07. The quantitative estimate of drug-likeness (QED) is 0.677. The molecule has 0 unspecified atom stereocenters. The minimum absolute atomic E-state index is 0.00968. The van der Waals surface area contributed by atoms with Crippen molar-refractivity contribution in [2.24, 2.45) is 5.92 Å². The first-order chi connectivity index (χ1) is 10.9. The number of carbonyl (C=O) groups excluding carboxylic acids is 1. The SMILES string of the molecule is CN1CC[C@@H]2Oc3ccc(Br)cc3[C@@]3(NC(=S)N(C)C3=O)[C@H]2C1. The molecule has 2 fully saturated rings. The zero-order valence-electron chi connectivity index (χ0n) is 13.0. The number of likely N-dealkylation sites (N-methyl/N-ethyl adjacent to an activating group) is 1. The summed E-state index contributed by atoms with van der Waals surface area (Å²) in [7, 11) is 3.82. The van der Waals surface area contributed by atoms with Crippen LogP contribution in [0.25, 0.3) is 0 Å². The second kappa shape index (κ2) is 5.16. The highest BCUT2D eigenvalue weighted by molar-refractivity contribution is 9.10. The maximum Gasteiger partial charge on any atom is 0.259 e. The molecule has 23 heavy (non-hydrogen) atoms. The largest absolute Gasteiger partial charge is 0.490 e. The van der Waals surface area contributed by atoms with E-state index < -0.39 is 5.54 Å². The number of ether oxygens (including phenoxy) is 1. The van der Waals surface area contributed by atoms with Gasteiger partial charge in [0.05, 0.1) is 0 Å². The number of piperidine rings is 1. The number of hydrogen-bond acceptors (Lipinski definition) is 4. The molecule has 2 saturated heterocycles. The number of halogens is 1. The third kappa shape index (κ3) is 2.06. The molecule has 5 nitrogen and oxygen atoms in total. The van der Waals surface area contributed by atoms with E-state index in [-0.39, 0.29) is 17.9 Å². The van der Waals surface area contributed by atoms with Crippen LogP contribution in [0.5, 0.6) is 5.75 Å². The van der Waals surface area contributed by atoms with Crippen LogP contribution in [0.3, 0.4) is 0 Å². The Balaban J connectivity index is 1.94. The van der Waals surface area contributed by atoms with Gasteiger partial charge in [0.2, 0.25) is 0 Å². The van der Waals surface area contributed by atoms with E-state index in [0.717, 1.165) is 35.3 Å². The number of rotatable bonds is 0. The Kier molecular flexibility index (Phi) is 3.44. The molecule has 1 spiro atoms. The second-order valence-electron chi connectivity index (χ2n) is 6.56. The average molecular weight is 396 g/mol. The summed E-state index contributed by atoms with van der Waals surface area (Å²) in [6.07, 6.45) is 0.926. The molecular formula is C16H18BrN3O2S. The Morgan fingerprint density at radius 3 is 2.91 bits per heavy atom. The standard InChI is InChI=1S/C16H18BrN3O2S/c1-19-6-5-13-11(8-19)16(14(21)20(2)15(23)18-16)10-7-9(17)3-4-12(10)22-13/h3-4,7,11,13H,5-6,8H2,1-2H3,(H,18,23)/t11-,13-,16+/m0/s1. The zero-order valence-corrected chi connectivity index (χ0v) is 15.4. The minimum Gasteiger partial charge on any atom is -0.490 e. The molecule has 1 aromatic rings. The van der Waals surface area contributed by atoms with Gasteiger partial charge in [-0.1, -0.05) is 15.9 Å². The summed E-state index contributed by atoms with van der Waals surface area (Å²) in [6.45, 7) is 1.77. The molecule has 1 N–H and O–H groups in total. The van der Waals surface area contributed by atoms with Gasteiger partial charge in [-0.15, -0.1) is 0 Å². The van der Waals surface area contributed by atoms with Gasteiger partial charge >= 0.3 is 0 Å². The topological polar surface area (TPSA) is 44.8 Å². The number of hydrogen-bond donors (Lipinski definition) is 1. The number of benzene rings is 1. The van der Waals surface area contributed by atoms with E-state index >= 15 is 0 Å². The summed E-state index contributed by atoms with van der Waals surface area (Å²) >= 11 is 8.90. The highest BCUT2D eigenvalue weighted by Crippen LogP contribution is 2.49. The van der Waals surface area contributed by atoms with Crippen molar-refractivity contribution >= 4 is 39.2 Å². The number of carbonyl (C=O) groups is 1. The summed E-state index contributed by atoms with van der Waals surface area (Å²) in [4.78, 5) is 17.0. The lowest BCUT2D eigenvalue weighted by atomic mass is 9.70. The first kappa shape index (κ1) is 15.4. The average Bonchev–Trinajstić information content (AvgIpc) is 2.75. The maximum atomic E-state index is 13.2. The predicted octanol–water partition coefficient (Wildman–Crippen LogP) is 1.70. The Hall–Kier alpha value is -1.18. The van der Waals surface area contributed by atoms with Crippen molar-refractivity contribution in [3.05, 3.63) is 28.2 Å². The van der Waals surface area contributed by atoms with Crippen LogP contribution in [0.2, 0.25) is 0 Å². The van der Waals surface area contributed by atoms with Crippen molar-refractivity contribution in [3.8, 4) is 5.75 Å². The van der Waals surface area contributed by atoms with Crippen LogP contribution in [0, 0.1) is 5.92 Å². The van der Waals surface area contributed by atoms with Gasteiger partial charge in [0.15, 0.2) is 10.7 Å².